The molecule has 0 fully saturated rings. The second-order valence-electron chi connectivity index (χ2n) is 2.74. The van der Waals surface area contributed by atoms with Crippen molar-refractivity contribution in [1.29, 1.82) is 0 Å². The number of hydrogen-bond donors (Lipinski definition) is 2. The number of tetrazole rings is 1. The Morgan fingerprint density at radius 1 is 1.47 bits per heavy atom. The van der Waals surface area contributed by atoms with Crippen LogP contribution in [0.1, 0.15) is 10.4 Å². The molecular formula is C8H5BrN4O2. The van der Waals surface area contributed by atoms with Crippen molar-refractivity contribution in [2.24, 2.45) is 0 Å². The van der Waals surface area contributed by atoms with E-state index < -0.39 is 5.97 Å². The van der Waals surface area contributed by atoms with Crippen LogP contribution >= 0.6 is 15.9 Å². The van der Waals surface area contributed by atoms with E-state index in [1.807, 2.05) is 0 Å². The second-order valence-corrected chi connectivity index (χ2v) is 3.59. The highest BCUT2D eigenvalue weighted by Crippen LogP contribution is 2.23. The highest BCUT2D eigenvalue weighted by atomic mass is 79.9. The Morgan fingerprint density at radius 2 is 2.27 bits per heavy atom. The number of rotatable bonds is 2. The maximum Gasteiger partial charge on any atom is 0.336 e. The third-order valence-corrected chi connectivity index (χ3v) is 2.46. The van der Waals surface area contributed by atoms with E-state index in [2.05, 4.69) is 36.6 Å². The number of nitrogens with one attached hydrogen (secondary N) is 1. The average Bonchev–Trinajstić information content (AvgIpc) is 2.69. The van der Waals surface area contributed by atoms with E-state index in [-0.39, 0.29) is 5.56 Å². The molecule has 7 heteroatoms. The fourth-order valence-corrected chi connectivity index (χ4v) is 1.66. The molecule has 0 spiro atoms. The van der Waals surface area contributed by atoms with Gasteiger partial charge in [-0.2, -0.15) is 5.21 Å². The summed E-state index contributed by atoms with van der Waals surface area (Å²) in [6.07, 6.45) is 0. The molecule has 0 saturated carbocycles. The molecule has 0 bridgehead atoms. The van der Waals surface area contributed by atoms with Gasteiger partial charge in [-0.3, -0.25) is 0 Å². The molecule has 0 amide bonds. The quantitative estimate of drug-likeness (QED) is 0.857. The summed E-state index contributed by atoms with van der Waals surface area (Å²) < 4.78 is 0.484. The molecule has 1 heterocycles. The number of carboxylic acid groups (broad SMARTS) is 1. The zero-order valence-electron chi connectivity index (χ0n) is 7.31. The minimum atomic E-state index is -0.985. The number of H-pyrrole nitrogens is 1. The van der Waals surface area contributed by atoms with E-state index >= 15 is 0 Å². The highest BCUT2D eigenvalue weighted by Gasteiger charge is 2.10. The van der Waals surface area contributed by atoms with E-state index in [1.165, 1.54) is 6.07 Å². The van der Waals surface area contributed by atoms with Crippen molar-refractivity contribution < 1.29 is 9.90 Å². The van der Waals surface area contributed by atoms with Crippen LogP contribution in [0.2, 0.25) is 0 Å². The zero-order valence-corrected chi connectivity index (χ0v) is 8.89. The van der Waals surface area contributed by atoms with Crippen LogP contribution in [-0.4, -0.2) is 31.7 Å². The van der Waals surface area contributed by atoms with Gasteiger partial charge in [0, 0.05) is 10.0 Å². The smallest absolute Gasteiger partial charge is 0.336 e. The normalized spacial score (nSPS) is 10.2. The molecule has 0 aliphatic heterocycles. The molecule has 0 unspecified atom stereocenters. The molecular weight excluding hydrogens is 264 g/mol. The summed E-state index contributed by atoms with van der Waals surface area (Å²) in [5.74, 6) is -0.561. The fourth-order valence-electron chi connectivity index (χ4n) is 1.11. The minimum absolute atomic E-state index is 0.197. The van der Waals surface area contributed by atoms with Crippen LogP contribution in [0.15, 0.2) is 22.7 Å². The van der Waals surface area contributed by atoms with Crippen LogP contribution < -0.4 is 0 Å². The van der Waals surface area contributed by atoms with Crippen molar-refractivity contribution in [2.75, 3.05) is 0 Å². The summed E-state index contributed by atoms with van der Waals surface area (Å²) in [6.45, 7) is 0. The van der Waals surface area contributed by atoms with Gasteiger partial charge in [0.25, 0.3) is 0 Å². The number of halogens is 1. The number of nitrogens with zero attached hydrogens (tertiary/aromatic N) is 3. The van der Waals surface area contributed by atoms with Gasteiger partial charge in [0.2, 0.25) is 5.82 Å². The SMILES string of the molecule is O=C(O)c1ccc(-c2nn[nH]n2)cc1Br. The van der Waals surface area contributed by atoms with Crippen molar-refractivity contribution >= 4 is 21.9 Å². The lowest BCUT2D eigenvalue weighted by atomic mass is 10.1. The van der Waals surface area contributed by atoms with Crippen molar-refractivity contribution in [3.05, 3.63) is 28.2 Å². The van der Waals surface area contributed by atoms with Crippen molar-refractivity contribution in [2.45, 2.75) is 0 Å². The first-order valence-corrected chi connectivity index (χ1v) is 4.74. The molecule has 0 radical (unpaired) electrons. The van der Waals surface area contributed by atoms with Crippen LogP contribution in [0, 0.1) is 0 Å². The number of aromatic amines is 1. The topological polar surface area (TPSA) is 91.8 Å². The Bertz CT molecular complexity index is 497. The van der Waals surface area contributed by atoms with Gasteiger partial charge < -0.3 is 5.11 Å². The molecule has 2 N–H and O–H groups in total. The molecule has 0 aliphatic carbocycles. The molecule has 6 nitrogen and oxygen atoms in total. The molecule has 2 aromatic rings. The van der Waals surface area contributed by atoms with Gasteiger partial charge >= 0.3 is 5.97 Å². The highest BCUT2D eigenvalue weighted by molar-refractivity contribution is 9.10. The van der Waals surface area contributed by atoms with Gasteiger partial charge in [0.15, 0.2) is 0 Å². The summed E-state index contributed by atoms with van der Waals surface area (Å²) in [4.78, 5) is 10.7. The largest absolute Gasteiger partial charge is 0.478 e. The number of hydrogen-bond acceptors (Lipinski definition) is 4. The molecule has 1 aromatic carbocycles. The Balaban J connectivity index is 2.47. The molecule has 15 heavy (non-hydrogen) atoms. The number of aromatic carboxylic acids is 1. The number of benzene rings is 1. The number of carbonyl (C=O) groups is 1. The molecule has 76 valence electrons. The number of aromatic nitrogens is 4. The summed E-state index contributed by atoms with van der Waals surface area (Å²) in [7, 11) is 0. The van der Waals surface area contributed by atoms with Crippen LogP contribution in [0.3, 0.4) is 0 Å². The van der Waals surface area contributed by atoms with E-state index in [1.54, 1.807) is 12.1 Å². The van der Waals surface area contributed by atoms with Gasteiger partial charge in [-0.25, -0.2) is 4.79 Å². The van der Waals surface area contributed by atoms with Crippen LogP contribution in [0.25, 0.3) is 11.4 Å². The van der Waals surface area contributed by atoms with E-state index in [9.17, 15) is 4.79 Å². The Kier molecular flexibility index (Phi) is 2.46. The maximum atomic E-state index is 10.7. The summed E-state index contributed by atoms with van der Waals surface area (Å²) in [5.41, 5.74) is 0.892. The van der Waals surface area contributed by atoms with Crippen LogP contribution in [0.5, 0.6) is 0 Å². The average molecular weight is 269 g/mol. The standard InChI is InChI=1S/C8H5BrN4O2/c9-6-3-4(7-10-12-13-11-7)1-2-5(6)8(14)15/h1-3H,(H,14,15)(H,10,11,12,13). The maximum absolute atomic E-state index is 10.7. The molecule has 1 aromatic heterocycles. The van der Waals surface area contributed by atoms with E-state index in [0.717, 1.165) is 0 Å². The Labute approximate surface area is 92.5 Å². The monoisotopic (exact) mass is 268 g/mol. The van der Waals surface area contributed by atoms with Crippen LogP contribution in [0.4, 0.5) is 0 Å². The lowest BCUT2D eigenvalue weighted by Gasteiger charge is -2.00. The summed E-state index contributed by atoms with van der Waals surface area (Å²) in [5, 5.41) is 22.1. The van der Waals surface area contributed by atoms with Crippen molar-refractivity contribution in [3.8, 4) is 11.4 Å². The summed E-state index contributed by atoms with van der Waals surface area (Å²) in [6, 6.07) is 4.74. The van der Waals surface area contributed by atoms with Gasteiger partial charge in [0.1, 0.15) is 0 Å². The first-order valence-electron chi connectivity index (χ1n) is 3.95. The molecule has 0 saturated heterocycles. The zero-order chi connectivity index (χ0) is 10.8. The molecule has 0 atom stereocenters. The lowest BCUT2D eigenvalue weighted by Crippen LogP contribution is -1.97. The second kappa shape index (κ2) is 3.77. The van der Waals surface area contributed by atoms with Gasteiger partial charge in [-0.05, 0) is 33.3 Å². The van der Waals surface area contributed by atoms with E-state index in [4.69, 9.17) is 5.11 Å². The van der Waals surface area contributed by atoms with Gasteiger partial charge in [0.05, 0.1) is 5.56 Å². The Hall–Kier alpha value is -1.76. The fraction of sp³-hybridized carbons (Fsp3) is 0. The van der Waals surface area contributed by atoms with Crippen molar-refractivity contribution in [3.63, 3.8) is 0 Å². The lowest BCUT2D eigenvalue weighted by molar-refractivity contribution is 0.0696. The van der Waals surface area contributed by atoms with E-state index in [0.29, 0.717) is 15.9 Å². The third kappa shape index (κ3) is 1.86. The van der Waals surface area contributed by atoms with Gasteiger partial charge in [-0.15, -0.1) is 10.2 Å². The molecule has 0 aliphatic rings. The summed E-state index contributed by atoms with van der Waals surface area (Å²) >= 11 is 3.17. The van der Waals surface area contributed by atoms with Crippen LogP contribution in [-0.2, 0) is 0 Å². The first-order chi connectivity index (χ1) is 7.18. The molecule has 2 rings (SSSR count). The predicted molar refractivity (Wildman–Crippen MR) is 54.3 cm³/mol. The Morgan fingerprint density at radius 3 is 2.80 bits per heavy atom. The third-order valence-electron chi connectivity index (χ3n) is 1.80. The first kappa shape index (κ1) is 9.78. The van der Waals surface area contributed by atoms with Crippen molar-refractivity contribution in [1.82, 2.24) is 20.6 Å². The predicted octanol–water partition coefficient (Wildman–Crippen LogP) is 1.33. The number of carboxylic acids is 1. The minimum Gasteiger partial charge on any atom is -0.478 e. The van der Waals surface area contributed by atoms with Gasteiger partial charge in [-0.1, -0.05) is 6.07 Å².